The molecule has 3 saturated heterocycles. The summed E-state index contributed by atoms with van der Waals surface area (Å²) in [6.45, 7) is 1.89. The van der Waals surface area contributed by atoms with E-state index in [0.29, 0.717) is 43.7 Å². The molecule has 0 bridgehead atoms. The minimum atomic E-state index is -4.55. The average Bonchev–Trinajstić information content (AvgIpc) is 3.61. The van der Waals surface area contributed by atoms with E-state index >= 15 is 4.39 Å². The normalized spacial score (nSPS) is 31.1. The number of nitrogens with zero attached hydrogens (tertiary/aromatic N) is 3. The van der Waals surface area contributed by atoms with E-state index in [0.717, 1.165) is 37.8 Å². The van der Waals surface area contributed by atoms with Gasteiger partial charge in [-0.2, -0.15) is 13.2 Å². The van der Waals surface area contributed by atoms with Gasteiger partial charge < -0.3 is 24.4 Å². The highest BCUT2D eigenvalue weighted by Gasteiger charge is 2.51. The predicted octanol–water partition coefficient (Wildman–Crippen LogP) is 4.57. The van der Waals surface area contributed by atoms with Crippen molar-refractivity contribution < 1.29 is 41.7 Å². The molecule has 1 aromatic rings. The second kappa shape index (κ2) is 12.9. The summed E-state index contributed by atoms with van der Waals surface area (Å²) in [5.74, 6) is -2.58. The minimum Gasteiger partial charge on any atom is -0.481 e. The van der Waals surface area contributed by atoms with Gasteiger partial charge in [-0.3, -0.25) is 14.5 Å². The van der Waals surface area contributed by atoms with Gasteiger partial charge in [0, 0.05) is 83.5 Å². The Morgan fingerprint density at radius 1 is 1.02 bits per heavy atom. The van der Waals surface area contributed by atoms with Crippen molar-refractivity contribution in [2.75, 3.05) is 65.0 Å². The number of likely N-dealkylation sites (tertiary alicyclic amines) is 2. The molecule has 12 heteroatoms. The molecule has 4 aliphatic rings. The molecule has 0 aromatic heterocycles. The van der Waals surface area contributed by atoms with Gasteiger partial charge in [-0.05, 0) is 56.2 Å². The van der Waals surface area contributed by atoms with Gasteiger partial charge in [-0.15, -0.1) is 0 Å². The molecule has 4 fully saturated rings. The van der Waals surface area contributed by atoms with E-state index in [2.05, 4.69) is 4.90 Å². The summed E-state index contributed by atoms with van der Waals surface area (Å²) >= 11 is 0. The summed E-state index contributed by atoms with van der Waals surface area (Å²) in [6.07, 6.45) is 0.112. The van der Waals surface area contributed by atoms with Gasteiger partial charge in [-0.25, -0.2) is 4.39 Å². The monoisotopic (exact) mass is 613 g/mol. The van der Waals surface area contributed by atoms with Gasteiger partial charge >= 0.3 is 12.1 Å². The summed E-state index contributed by atoms with van der Waals surface area (Å²) in [5.41, 5.74) is -1.75. The number of ether oxygens (including phenoxy) is 2. The molecule has 0 radical (unpaired) electrons. The molecule has 43 heavy (non-hydrogen) atoms. The topological polar surface area (TPSA) is 82.6 Å². The van der Waals surface area contributed by atoms with Crippen LogP contribution in [0.4, 0.5) is 23.2 Å². The maximum atomic E-state index is 16.3. The summed E-state index contributed by atoms with van der Waals surface area (Å²) in [6, 6.07) is 3.89. The average molecular weight is 614 g/mol. The van der Waals surface area contributed by atoms with Gasteiger partial charge in [-0.1, -0.05) is 6.07 Å². The van der Waals surface area contributed by atoms with Gasteiger partial charge in [0.05, 0.1) is 24.2 Å². The Balaban J connectivity index is 1.35. The number of amides is 1. The number of halogens is 4. The van der Waals surface area contributed by atoms with Crippen LogP contribution in [0.2, 0.25) is 0 Å². The molecule has 1 aliphatic carbocycles. The number of methoxy groups -OCH3 is 2. The summed E-state index contributed by atoms with van der Waals surface area (Å²) in [4.78, 5) is 30.7. The number of benzene rings is 1. The minimum absolute atomic E-state index is 0.0499. The van der Waals surface area contributed by atoms with Crippen molar-refractivity contribution in [2.24, 2.45) is 11.8 Å². The lowest BCUT2D eigenvalue weighted by Crippen LogP contribution is -2.48. The maximum Gasteiger partial charge on any atom is 0.416 e. The number of anilines is 1. The lowest BCUT2D eigenvalue weighted by Gasteiger charge is -2.35. The van der Waals surface area contributed by atoms with Crippen LogP contribution in [-0.4, -0.2) is 105 Å². The standard InChI is InChI=1S/C31H43F4N3O5/c1-42-18-21-16-38(29(41)30(32)11-14-37(19-30)23-4-6-24(43-2)7-5-23)17-26(21)25-8-3-22(31(33,34)35)15-27(25)36-12-9-20(10-13-36)28(39)40/h3,8,15,20-21,23-24,26H,4-7,9-14,16-19H2,1-2H3,(H,39,40)/t21-,23?,24?,26+,30-/m1/s1. The van der Waals surface area contributed by atoms with Crippen LogP contribution in [0, 0.1) is 11.8 Å². The number of carboxylic acid groups (broad SMARTS) is 1. The molecule has 1 aromatic carbocycles. The van der Waals surface area contributed by atoms with Crippen molar-refractivity contribution in [3.8, 4) is 0 Å². The third-order valence-electron chi connectivity index (χ3n) is 10.2. The summed E-state index contributed by atoms with van der Waals surface area (Å²) < 4.78 is 68.6. The number of piperidine rings is 1. The fourth-order valence-electron chi connectivity index (χ4n) is 7.66. The summed E-state index contributed by atoms with van der Waals surface area (Å²) in [5, 5.41) is 9.41. The second-order valence-corrected chi connectivity index (χ2v) is 12.8. The Hall–Kier alpha value is -2.44. The Kier molecular flexibility index (Phi) is 9.58. The zero-order valence-corrected chi connectivity index (χ0v) is 25.0. The highest BCUT2D eigenvalue weighted by Crippen LogP contribution is 2.43. The summed E-state index contributed by atoms with van der Waals surface area (Å²) in [7, 11) is 3.25. The van der Waals surface area contributed by atoms with Crippen molar-refractivity contribution in [3.63, 3.8) is 0 Å². The number of hydrogen-bond donors (Lipinski definition) is 1. The molecule has 1 N–H and O–H groups in total. The van der Waals surface area contributed by atoms with Crippen molar-refractivity contribution in [3.05, 3.63) is 29.3 Å². The Labute approximate surface area is 250 Å². The van der Waals surface area contributed by atoms with Gasteiger partial charge in [0.1, 0.15) is 0 Å². The molecule has 3 heterocycles. The molecule has 3 atom stereocenters. The second-order valence-electron chi connectivity index (χ2n) is 12.8. The van der Waals surface area contributed by atoms with Crippen LogP contribution in [0.3, 0.4) is 0 Å². The number of carbonyl (C=O) groups is 2. The van der Waals surface area contributed by atoms with Crippen LogP contribution in [0.15, 0.2) is 18.2 Å². The molecule has 0 unspecified atom stereocenters. The third kappa shape index (κ3) is 6.81. The molecule has 3 aliphatic heterocycles. The number of carboxylic acids is 1. The highest BCUT2D eigenvalue weighted by atomic mass is 19.4. The Morgan fingerprint density at radius 3 is 2.33 bits per heavy atom. The quantitative estimate of drug-likeness (QED) is 0.431. The van der Waals surface area contributed by atoms with Crippen LogP contribution in [0.25, 0.3) is 0 Å². The van der Waals surface area contributed by atoms with Crippen LogP contribution in [0.1, 0.15) is 62.0 Å². The number of aliphatic carboxylic acids is 1. The molecule has 240 valence electrons. The predicted molar refractivity (Wildman–Crippen MR) is 152 cm³/mol. The van der Waals surface area contributed by atoms with E-state index in [9.17, 15) is 27.9 Å². The SMILES string of the molecule is COC[C@H]1CN(C(=O)[C@@]2(F)CCN(C3CCC(OC)CC3)C2)C[C@@H]1c1ccc(C(F)(F)F)cc1N1CCC(C(=O)O)CC1. The van der Waals surface area contributed by atoms with Crippen LogP contribution < -0.4 is 4.90 Å². The van der Waals surface area contributed by atoms with Crippen LogP contribution >= 0.6 is 0 Å². The number of alkyl halides is 4. The third-order valence-corrected chi connectivity index (χ3v) is 10.2. The molecular formula is C31H43F4N3O5. The van der Waals surface area contributed by atoms with Gasteiger partial charge in [0.2, 0.25) is 5.67 Å². The molecule has 1 saturated carbocycles. The van der Waals surface area contributed by atoms with Crippen molar-refractivity contribution in [1.29, 1.82) is 0 Å². The van der Waals surface area contributed by atoms with Gasteiger partial charge in [0.15, 0.2) is 0 Å². The van der Waals surface area contributed by atoms with Crippen molar-refractivity contribution >= 4 is 17.6 Å². The first-order chi connectivity index (χ1) is 20.4. The zero-order valence-electron chi connectivity index (χ0n) is 25.0. The lowest BCUT2D eigenvalue weighted by atomic mass is 9.86. The Morgan fingerprint density at radius 2 is 1.72 bits per heavy atom. The van der Waals surface area contributed by atoms with Crippen molar-refractivity contribution in [1.82, 2.24) is 9.80 Å². The first kappa shape index (κ1) is 32.0. The largest absolute Gasteiger partial charge is 0.481 e. The van der Waals surface area contributed by atoms with E-state index in [1.54, 1.807) is 7.11 Å². The van der Waals surface area contributed by atoms with Gasteiger partial charge in [0.25, 0.3) is 5.91 Å². The molecule has 5 rings (SSSR count). The molecular weight excluding hydrogens is 570 g/mol. The van der Waals surface area contributed by atoms with Crippen LogP contribution in [-0.2, 0) is 25.2 Å². The fraction of sp³-hybridized carbons (Fsp3) is 0.742. The van der Waals surface area contributed by atoms with E-state index < -0.39 is 35.2 Å². The Bertz CT molecular complexity index is 1150. The lowest BCUT2D eigenvalue weighted by molar-refractivity contribution is -0.143. The van der Waals surface area contributed by atoms with E-state index in [1.165, 1.54) is 18.1 Å². The fourth-order valence-corrected chi connectivity index (χ4v) is 7.66. The first-order valence-electron chi connectivity index (χ1n) is 15.4. The number of hydrogen-bond acceptors (Lipinski definition) is 6. The zero-order chi connectivity index (χ0) is 30.9. The highest BCUT2D eigenvalue weighted by molar-refractivity contribution is 5.86. The van der Waals surface area contributed by atoms with E-state index in [4.69, 9.17) is 9.47 Å². The number of rotatable bonds is 8. The van der Waals surface area contributed by atoms with Crippen molar-refractivity contribution in [2.45, 2.75) is 74.9 Å². The number of carbonyl (C=O) groups excluding carboxylic acids is 1. The van der Waals surface area contributed by atoms with E-state index in [1.807, 2.05) is 4.90 Å². The van der Waals surface area contributed by atoms with Crippen LogP contribution in [0.5, 0.6) is 0 Å². The van der Waals surface area contributed by atoms with E-state index in [-0.39, 0.29) is 56.6 Å². The first-order valence-corrected chi connectivity index (χ1v) is 15.4. The molecule has 0 spiro atoms. The maximum absolute atomic E-state index is 16.3. The molecule has 8 nitrogen and oxygen atoms in total. The molecule has 1 amide bonds. The smallest absolute Gasteiger partial charge is 0.416 e.